The number of fused-ring (bicyclic) bond motifs is 1. The zero-order chi connectivity index (χ0) is 10.3. The fraction of sp³-hybridized carbons (Fsp3) is 0.538. The first-order valence-electron chi connectivity index (χ1n) is 5.72. The Labute approximate surface area is 90.2 Å². The minimum atomic E-state index is 0.371. The molecule has 1 aliphatic heterocycles. The van der Waals surface area contributed by atoms with Crippen LogP contribution in [0.1, 0.15) is 37.7 Å². The molecule has 1 aromatic rings. The first-order chi connectivity index (χ1) is 7.33. The Morgan fingerprint density at radius 2 is 2.07 bits per heavy atom. The number of rotatable bonds is 3. The van der Waals surface area contributed by atoms with Gasteiger partial charge < -0.3 is 9.47 Å². The van der Waals surface area contributed by atoms with Crippen LogP contribution < -0.4 is 9.47 Å². The van der Waals surface area contributed by atoms with Gasteiger partial charge >= 0.3 is 0 Å². The van der Waals surface area contributed by atoms with Gasteiger partial charge in [0.2, 0.25) is 6.79 Å². The van der Waals surface area contributed by atoms with Crippen LogP contribution >= 0.6 is 0 Å². The SMILES string of the molecule is CC(CC1CC1)c1ccc2c(c1)OCO2. The van der Waals surface area contributed by atoms with Gasteiger partial charge in [0.25, 0.3) is 0 Å². The highest BCUT2D eigenvalue weighted by Gasteiger charge is 2.25. The van der Waals surface area contributed by atoms with Crippen molar-refractivity contribution in [2.24, 2.45) is 5.92 Å². The molecule has 1 aliphatic carbocycles. The standard InChI is InChI=1S/C13H16O2/c1-9(6-10-2-3-10)11-4-5-12-13(7-11)15-8-14-12/h4-5,7,9-10H,2-3,6,8H2,1H3. The van der Waals surface area contributed by atoms with Crippen molar-refractivity contribution in [2.75, 3.05) is 6.79 Å². The van der Waals surface area contributed by atoms with Crippen molar-refractivity contribution in [2.45, 2.75) is 32.1 Å². The number of ether oxygens (including phenoxy) is 2. The van der Waals surface area contributed by atoms with Crippen LogP contribution in [-0.4, -0.2) is 6.79 Å². The van der Waals surface area contributed by atoms with Crippen LogP contribution in [0.5, 0.6) is 11.5 Å². The van der Waals surface area contributed by atoms with Crippen molar-refractivity contribution in [3.8, 4) is 11.5 Å². The van der Waals surface area contributed by atoms with E-state index in [1.165, 1.54) is 24.8 Å². The van der Waals surface area contributed by atoms with Crippen molar-refractivity contribution >= 4 is 0 Å². The summed E-state index contributed by atoms with van der Waals surface area (Å²) in [5, 5.41) is 0. The number of hydrogen-bond acceptors (Lipinski definition) is 2. The smallest absolute Gasteiger partial charge is 0.231 e. The van der Waals surface area contributed by atoms with E-state index in [2.05, 4.69) is 19.1 Å². The summed E-state index contributed by atoms with van der Waals surface area (Å²) < 4.78 is 10.7. The van der Waals surface area contributed by atoms with Crippen LogP contribution in [0.25, 0.3) is 0 Å². The van der Waals surface area contributed by atoms with E-state index in [-0.39, 0.29) is 0 Å². The molecule has 1 saturated carbocycles. The van der Waals surface area contributed by atoms with Gasteiger partial charge in [-0.2, -0.15) is 0 Å². The van der Waals surface area contributed by atoms with Crippen LogP contribution in [0.2, 0.25) is 0 Å². The van der Waals surface area contributed by atoms with Crippen molar-refractivity contribution in [1.82, 2.24) is 0 Å². The fourth-order valence-corrected chi connectivity index (χ4v) is 2.21. The molecule has 1 fully saturated rings. The average Bonchev–Trinajstić information content (AvgIpc) is 2.94. The molecule has 1 aromatic carbocycles. The van der Waals surface area contributed by atoms with E-state index in [1.807, 2.05) is 6.07 Å². The summed E-state index contributed by atoms with van der Waals surface area (Å²) in [6, 6.07) is 6.33. The minimum absolute atomic E-state index is 0.371. The van der Waals surface area contributed by atoms with Gasteiger partial charge in [-0.25, -0.2) is 0 Å². The third kappa shape index (κ3) is 1.81. The average molecular weight is 204 g/mol. The molecule has 0 radical (unpaired) electrons. The van der Waals surface area contributed by atoms with E-state index < -0.39 is 0 Å². The Morgan fingerprint density at radius 1 is 1.27 bits per heavy atom. The molecule has 1 atom stereocenters. The minimum Gasteiger partial charge on any atom is -0.454 e. The molecule has 2 nitrogen and oxygen atoms in total. The van der Waals surface area contributed by atoms with Crippen molar-refractivity contribution in [3.63, 3.8) is 0 Å². The Balaban J connectivity index is 1.78. The molecule has 0 amide bonds. The topological polar surface area (TPSA) is 18.5 Å². The molecule has 0 spiro atoms. The van der Waals surface area contributed by atoms with Crippen LogP contribution in [0.3, 0.4) is 0 Å². The highest BCUT2D eigenvalue weighted by Crippen LogP contribution is 2.40. The van der Waals surface area contributed by atoms with E-state index >= 15 is 0 Å². The molecule has 0 aromatic heterocycles. The van der Waals surface area contributed by atoms with Gasteiger partial charge in [-0.05, 0) is 36.0 Å². The summed E-state index contributed by atoms with van der Waals surface area (Å²) in [6.07, 6.45) is 4.17. The monoisotopic (exact) mass is 204 g/mol. The summed E-state index contributed by atoms with van der Waals surface area (Å²) in [6.45, 7) is 2.67. The fourth-order valence-electron chi connectivity index (χ4n) is 2.21. The molecular formula is C13H16O2. The lowest BCUT2D eigenvalue weighted by Crippen LogP contribution is -1.95. The largest absolute Gasteiger partial charge is 0.454 e. The molecule has 2 aliphatic rings. The maximum Gasteiger partial charge on any atom is 0.231 e. The Bertz CT molecular complexity index is 369. The quantitative estimate of drug-likeness (QED) is 0.752. The summed E-state index contributed by atoms with van der Waals surface area (Å²) in [4.78, 5) is 0. The summed E-state index contributed by atoms with van der Waals surface area (Å²) in [5.74, 6) is 3.42. The third-order valence-electron chi connectivity index (χ3n) is 3.35. The van der Waals surface area contributed by atoms with Crippen LogP contribution in [-0.2, 0) is 0 Å². The number of hydrogen-bond donors (Lipinski definition) is 0. The van der Waals surface area contributed by atoms with Crippen molar-refractivity contribution < 1.29 is 9.47 Å². The summed E-state index contributed by atoms with van der Waals surface area (Å²) >= 11 is 0. The van der Waals surface area contributed by atoms with Crippen LogP contribution in [0.15, 0.2) is 18.2 Å². The van der Waals surface area contributed by atoms with Crippen LogP contribution in [0.4, 0.5) is 0 Å². The Morgan fingerprint density at radius 3 is 2.87 bits per heavy atom. The van der Waals surface area contributed by atoms with E-state index in [1.54, 1.807) is 0 Å². The Kier molecular flexibility index (Phi) is 2.08. The predicted octanol–water partition coefficient (Wildman–Crippen LogP) is 3.32. The second kappa shape index (κ2) is 3.44. The molecular weight excluding hydrogens is 188 g/mol. The van der Waals surface area contributed by atoms with Gasteiger partial charge in [-0.15, -0.1) is 0 Å². The van der Waals surface area contributed by atoms with Crippen molar-refractivity contribution in [3.05, 3.63) is 23.8 Å². The van der Waals surface area contributed by atoms with Crippen LogP contribution in [0, 0.1) is 5.92 Å². The maximum atomic E-state index is 5.39. The molecule has 1 heterocycles. The van der Waals surface area contributed by atoms with E-state index in [9.17, 15) is 0 Å². The van der Waals surface area contributed by atoms with Gasteiger partial charge in [0.1, 0.15) is 0 Å². The normalized spacial score (nSPS) is 20.3. The van der Waals surface area contributed by atoms with Gasteiger partial charge in [-0.1, -0.05) is 25.8 Å². The molecule has 80 valence electrons. The first kappa shape index (κ1) is 9.08. The second-order valence-electron chi connectivity index (χ2n) is 4.69. The van der Waals surface area contributed by atoms with E-state index in [4.69, 9.17) is 9.47 Å². The predicted molar refractivity (Wildman–Crippen MR) is 58.3 cm³/mol. The molecule has 0 bridgehead atoms. The molecule has 1 unspecified atom stereocenters. The second-order valence-corrected chi connectivity index (χ2v) is 4.69. The van der Waals surface area contributed by atoms with Gasteiger partial charge in [0.15, 0.2) is 11.5 Å². The lowest BCUT2D eigenvalue weighted by atomic mass is 9.95. The highest BCUT2D eigenvalue weighted by atomic mass is 16.7. The van der Waals surface area contributed by atoms with E-state index in [0.29, 0.717) is 12.7 Å². The van der Waals surface area contributed by atoms with Gasteiger partial charge in [-0.3, -0.25) is 0 Å². The Hall–Kier alpha value is -1.18. The molecule has 0 saturated heterocycles. The number of benzene rings is 1. The zero-order valence-corrected chi connectivity index (χ0v) is 9.03. The molecule has 2 heteroatoms. The molecule has 15 heavy (non-hydrogen) atoms. The van der Waals surface area contributed by atoms with Gasteiger partial charge in [0, 0.05) is 0 Å². The first-order valence-corrected chi connectivity index (χ1v) is 5.72. The van der Waals surface area contributed by atoms with E-state index in [0.717, 1.165) is 17.4 Å². The lowest BCUT2D eigenvalue weighted by Gasteiger charge is -2.11. The highest BCUT2D eigenvalue weighted by molar-refractivity contribution is 5.45. The zero-order valence-electron chi connectivity index (χ0n) is 9.03. The summed E-state index contributed by atoms with van der Waals surface area (Å²) in [7, 11) is 0. The maximum absolute atomic E-state index is 5.39. The van der Waals surface area contributed by atoms with Crippen molar-refractivity contribution in [1.29, 1.82) is 0 Å². The molecule has 0 N–H and O–H groups in total. The third-order valence-corrected chi connectivity index (χ3v) is 3.35. The lowest BCUT2D eigenvalue weighted by molar-refractivity contribution is 0.174. The van der Waals surface area contributed by atoms with Gasteiger partial charge in [0.05, 0.1) is 0 Å². The molecule has 3 rings (SSSR count). The summed E-state index contributed by atoms with van der Waals surface area (Å²) in [5.41, 5.74) is 1.38.